The number of halogens is 4. The van der Waals surface area contributed by atoms with E-state index in [0.717, 1.165) is 50.7 Å². The number of nitrogens with zero attached hydrogens (tertiary/aromatic N) is 2. The van der Waals surface area contributed by atoms with Gasteiger partial charge in [-0.15, -0.1) is 0 Å². The minimum absolute atomic E-state index is 0.0352. The van der Waals surface area contributed by atoms with Crippen molar-refractivity contribution in [2.45, 2.75) is 78.1 Å². The molecule has 224 valence electrons. The molecule has 0 aromatic heterocycles. The molecule has 0 aliphatic rings. The largest absolute Gasteiger partial charge is 0.494 e. The number of ether oxygens (including phenoxy) is 2. The van der Waals surface area contributed by atoms with E-state index < -0.39 is 34.6 Å². The smallest absolute Gasteiger partial charge is 0.205 e. The summed E-state index contributed by atoms with van der Waals surface area (Å²) in [7, 11) is 0. The van der Waals surface area contributed by atoms with E-state index in [1.54, 1.807) is 36.4 Å². The lowest BCUT2D eigenvalue weighted by molar-refractivity contribution is 0.263. The number of unbranched alkanes of at least 4 members (excludes halogenated alkanes) is 8. The lowest BCUT2D eigenvalue weighted by Crippen LogP contribution is -2.08. The van der Waals surface area contributed by atoms with Gasteiger partial charge in [0.05, 0.1) is 24.6 Å². The van der Waals surface area contributed by atoms with Crippen molar-refractivity contribution in [1.82, 2.24) is 0 Å². The van der Waals surface area contributed by atoms with Crippen LogP contribution < -0.4 is 9.47 Å². The van der Waals surface area contributed by atoms with Crippen LogP contribution in [0.25, 0.3) is 0 Å². The van der Waals surface area contributed by atoms with Gasteiger partial charge in [-0.25, -0.2) is 8.78 Å². The van der Waals surface area contributed by atoms with Gasteiger partial charge in [0.1, 0.15) is 11.3 Å². The minimum atomic E-state index is -1.59. The Hall–Kier alpha value is -3.86. The maximum Gasteiger partial charge on any atom is 0.205 e. The van der Waals surface area contributed by atoms with E-state index in [9.17, 15) is 17.6 Å². The zero-order chi connectivity index (χ0) is 30.2. The van der Waals surface area contributed by atoms with Crippen LogP contribution in [0.5, 0.6) is 11.5 Å². The van der Waals surface area contributed by atoms with Crippen LogP contribution in [0.15, 0.2) is 58.8 Å². The quantitative estimate of drug-likeness (QED) is 0.0554. The van der Waals surface area contributed by atoms with Crippen LogP contribution in [-0.2, 0) is 0 Å². The second-order valence-electron chi connectivity index (χ2n) is 9.98. The van der Waals surface area contributed by atoms with Gasteiger partial charge < -0.3 is 9.47 Å². The van der Waals surface area contributed by atoms with Gasteiger partial charge in [0.15, 0.2) is 17.4 Å². The van der Waals surface area contributed by atoms with Crippen LogP contribution >= 0.6 is 0 Å². The van der Waals surface area contributed by atoms with Crippen molar-refractivity contribution in [1.29, 1.82) is 0 Å². The van der Waals surface area contributed by atoms with Crippen LogP contribution in [0, 0.1) is 35.1 Å². The first-order chi connectivity index (χ1) is 20.4. The van der Waals surface area contributed by atoms with E-state index in [-0.39, 0.29) is 6.61 Å². The number of hydrogen-bond acceptors (Lipinski definition) is 4. The zero-order valence-electron chi connectivity index (χ0n) is 24.3. The summed E-state index contributed by atoms with van der Waals surface area (Å²) in [6.45, 7) is 4.91. The van der Waals surface area contributed by atoms with Crippen molar-refractivity contribution in [3.8, 4) is 23.3 Å². The second kappa shape index (κ2) is 17.8. The van der Waals surface area contributed by atoms with Gasteiger partial charge in [0, 0.05) is 5.56 Å². The predicted molar refractivity (Wildman–Crippen MR) is 158 cm³/mol. The van der Waals surface area contributed by atoms with Gasteiger partial charge in [0.2, 0.25) is 11.6 Å². The van der Waals surface area contributed by atoms with Gasteiger partial charge in [0.25, 0.3) is 0 Å². The minimum Gasteiger partial charge on any atom is -0.494 e. The maximum absolute atomic E-state index is 14.6. The van der Waals surface area contributed by atoms with Gasteiger partial charge in [-0.1, -0.05) is 77.1 Å². The van der Waals surface area contributed by atoms with Crippen molar-refractivity contribution in [3.63, 3.8) is 0 Å². The molecule has 0 N–H and O–H groups in total. The molecule has 0 aliphatic carbocycles. The molecule has 0 heterocycles. The van der Waals surface area contributed by atoms with Gasteiger partial charge >= 0.3 is 0 Å². The molecule has 0 saturated heterocycles. The molecule has 0 unspecified atom stereocenters. The highest BCUT2D eigenvalue weighted by atomic mass is 19.2. The summed E-state index contributed by atoms with van der Waals surface area (Å²) in [5, 5.41) is 8.37. The average molecular weight is 583 g/mol. The summed E-state index contributed by atoms with van der Waals surface area (Å²) in [6.07, 6.45) is 10.1. The van der Waals surface area contributed by atoms with E-state index in [4.69, 9.17) is 9.47 Å². The summed E-state index contributed by atoms with van der Waals surface area (Å²) >= 11 is 0. The SMILES string of the molecule is CCCCCCCCOc1c(F)c(F)c(C#Cc2ccc(N=Nc3ccc(OCCCCCC)cc3)cc2)c(F)c1F. The lowest BCUT2D eigenvalue weighted by atomic mass is 10.1. The number of rotatable bonds is 16. The Bertz CT molecular complexity index is 1320. The van der Waals surface area contributed by atoms with Crippen LogP contribution in [0.4, 0.5) is 28.9 Å². The summed E-state index contributed by atoms with van der Waals surface area (Å²) < 4.78 is 68.9. The van der Waals surface area contributed by atoms with Crippen molar-refractivity contribution < 1.29 is 27.0 Å². The van der Waals surface area contributed by atoms with Crippen LogP contribution in [0.3, 0.4) is 0 Å². The first-order valence-corrected chi connectivity index (χ1v) is 14.7. The molecule has 3 rings (SSSR count). The molecule has 4 nitrogen and oxygen atoms in total. The molecule has 0 spiro atoms. The topological polar surface area (TPSA) is 43.2 Å². The van der Waals surface area contributed by atoms with Gasteiger partial charge in [-0.05, 0) is 61.4 Å². The highest BCUT2D eigenvalue weighted by Crippen LogP contribution is 2.30. The number of azo groups is 1. The summed E-state index contributed by atoms with van der Waals surface area (Å²) in [5.41, 5.74) is 0.552. The third kappa shape index (κ3) is 10.2. The van der Waals surface area contributed by atoms with E-state index >= 15 is 0 Å². The Morgan fingerprint density at radius 3 is 1.60 bits per heavy atom. The Labute approximate surface area is 246 Å². The fraction of sp³-hybridized carbons (Fsp3) is 0.412. The standard InChI is InChI=1S/C34H38F4N2O2/c1-3-5-7-9-10-12-24-42-34-32(37)30(35)29(31(36)33(34)38)22-15-25-13-16-26(17-14-25)39-40-27-18-20-28(21-19-27)41-23-11-8-6-4-2/h13-14,16-21H,3-12,23-24H2,1-2H3. The summed E-state index contributed by atoms with van der Waals surface area (Å²) in [5.74, 6) is -1.89. The molecular weight excluding hydrogens is 544 g/mol. The van der Waals surface area contributed by atoms with Crippen LogP contribution in [0.2, 0.25) is 0 Å². The van der Waals surface area contributed by atoms with Crippen LogP contribution in [0.1, 0.15) is 89.2 Å². The predicted octanol–water partition coefficient (Wildman–Crippen LogP) is 10.8. The average Bonchev–Trinajstić information content (AvgIpc) is 3.01. The van der Waals surface area contributed by atoms with Crippen molar-refractivity contribution in [2.75, 3.05) is 13.2 Å². The van der Waals surface area contributed by atoms with Gasteiger partial charge in [-0.3, -0.25) is 0 Å². The van der Waals surface area contributed by atoms with Crippen molar-refractivity contribution >= 4 is 11.4 Å². The van der Waals surface area contributed by atoms with E-state index in [1.807, 2.05) is 12.1 Å². The molecule has 0 radical (unpaired) electrons. The Morgan fingerprint density at radius 2 is 1.02 bits per heavy atom. The first kappa shape index (κ1) is 32.7. The molecule has 8 heteroatoms. The number of hydrogen-bond donors (Lipinski definition) is 0. The first-order valence-electron chi connectivity index (χ1n) is 14.7. The fourth-order valence-corrected chi connectivity index (χ4v) is 4.09. The molecule has 42 heavy (non-hydrogen) atoms. The lowest BCUT2D eigenvalue weighted by Gasteiger charge is -2.11. The van der Waals surface area contributed by atoms with E-state index in [0.29, 0.717) is 30.0 Å². The van der Waals surface area contributed by atoms with Crippen molar-refractivity contribution in [2.24, 2.45) is 10.2 Å². The Balaban J connectivity index is 1.58. The monoisotopic (exact) mass is 582 g/mol. The normalized spacial score (nSPS) is 11.0. The highest BCUT2D eigenvalue weighted by molar-refractivity contribution is 5.50. The molecule has 0 atom stereocenters. The molecular formula is C34H38F4N2O2. The fourth-order valence-electron chi connectivity index (χ4n) is 4.09. The highest BCUT2D eigenvalue weighted by Gasteiger charge is 2.26. The number of benzene rings is 3. The van der Waals surface area contributed by atoms with E-state index in [2.05, 4.69) is 35.9 Å². The molecule has 0 fully saturated rings. The Kier molecular flexibility index (Phi) is 13.9. The van der Waals surface area contributed by atoms with Crippen LogP contribution in [-0.4, -0.2) is 13.2 Å². The second-order valence-corrected chi connectivity index (χ2v) is 9.98. The maximum atomic E-state index is 14.6. The summed E-state index contributed by atoms with van der Waals surface area (Å²) in [4.78, 5) is 0. The third-order valence-electron chi connectivity index (χ3n) is 6.55. The third-order valence-corrected chi connectivity index (χ3v) is 6.55. The Morgan fingerprint density at radius 1 is 0.548 bits per heavy atom. The molecule has 3 aromatic carbocycles. The zero-order valence-corrected chi connectivity index (χ0v) is 24.3. The molecule has 0 aliphatic heterocycles. The molecule has 0 amide bonds. The molecule has 3 aromatic rings. The molecule has 0 bridgehead atoms. The van der Waals surface area contributed by atoms with Crippen molar-refractivity contribution in [3.05, 3.63) is 82.9 Å². The molecule has 0 saturated carbocycles. The van der Waals surface area contributed by atoms with Gasteiger partial charge in [-0.2, -0.15) is 19.0 Å². The van der Waals surface area contributed by atoms with E-state index in [1.165, 1.54) is 12.8 Å². The summed E-state index contributed by atoms with van der Waals surface area (Å²) in [6, 6.07) is 13.7.